The third kappa shape index (κ3) is 4.36. The molecule has 1 fully saturated rings. The Balaban J connectivity index is 1.34. The number of β-amino-alcohol motifs (C(OH)–C–C–N with tert-alkyl or cyclic N) is 1. The number of benzene rings is 2. The van der Waals surface area contributed by atoms with Crippen LogP contribution in [0.1, 0.15) is 15.9 Å². The minimum atomic E-state index is -0.442. The van der Waals surface area contributed by atoms with Gasteiger partial charge < -0.3 is 20.2 Å². The van der Waals surface area contributed by atoms with Gasteiger partial charge in [0, 0.05) is 49.2 Å². The molecule has 0 aromatic heterocycles. The zero-order valence-electron chi connectivity index (χ0n) is 18.0. The standard InChI is InChI=1S/C24H26N4O4/c1-17-4-2-3-5-20(17)23(31)27-12-10-26(11-13-27)19-8-6-18(7-9-19)25-21-16-22(30)28(14-15-29)24(21)32/h2-9,16,25,29H,10-15H2,1H3. The van der Waals surface area contributed by atoms with E-state index >= 15 is 0 Å². The Bertz CT molecular complexity index is 1060. The smallest absolute Gasteiger partial charge is 0.277 e. The maximum absolute atomic E-state index is 12.8. The van der Waals surface area contributed by atoms with E-state index in [-0.39, 0.29) is 24.8 Å². The van der Waals surface area contributed by atoms with E-state index in [1.165, 1.54) is 6.08 Å². The van der Waals surface area contributed by atoms with Gasteiger partial charge in [-0.3, -0.25) is 19.3 Å². The maximum Gasteiger partial charge on any atom is 0.277 e. The van der Waals surface area contributed by atoms with Gasteiger partial charge in [-0.05, 0) is 42.8 Å². The molecule has 1 saturated heterocycles. The highest BCUT2D eigenvalue weighted by Gasteiger charge is 2.30. The lowest BCUT2D eigenvalue weighted by Gasteiger charge is -2.36. The van der Waals surface area contributed by atoms with Crippen molar-refractivity contribution in [2.75, 3.05) is 49.5 Å². The third-order valence-corrected chi connectivity index (χ3v) is 5.79. The van der Waals surface area contributed by atoms with Gasteiger partial charge >= 0.3 is 0 Å². The van der Waals surface area contributed by atoms with Crippen LogP contribution in [-0.4, -0.2) is 72.0 Å². The van der Waals surface area contributed by atoms with Crippen molar-refractivity contribution in [3.8, 4) is 0 Å². The second-order valence-corrected chi connectivity index (χ2v) is 7.84. The van der Waals surface area contributed by atoms with Crippen LogP contribution in [0.4, 0.5) is 11.4 Å². The molecule has 2 aromatic rings. The highest BCUT2D eigenvalue weighted by atomic mass is 16.3. The molecule has 2 aliphatic rings. The number of nitrogens with zero attached hydrogens (tertiary/aromatic N) is 3. The molecule has 0 aliphatic carbocycles. The molecular formula is C24H26N4O4. The molecule has 0 unspecified atom stereocenters. The summed E-state index contributed by atoms with van der Waals surface area (Å²) in [6, 6.07) is 15.3. The molecule has 2 aliphatic heterocycles. The van der Waals surface area contributed by atoms with Crippen molar-refractivity contribution in [3.63, 3.8) is 0 Å². The average Bonchev–Trinajstić information content (AvgIpc) is 3.07. The van der Waals surface area contributed by atoms with Crippen molar-refractivity contribution in [1.82, 2.24) is 9.80 Å². The lowest BCUT2D eigenvalue weighted by molar-refractivity contribution is -0.137. The summed E-state index contributed by atoms with van der Waals surface area (Å²) in [5, 5.41) is 12.0. The molecule has 8 nitrogen and oxygen atoms in total. The first kappa shape index (κ1) is 21.6. The van der Waals surface area contributed by atoms with E-state index in [2.05, 4.69) is 10.2 Å². The van der Waals surface area contributed by atoms with Gasteiger partial charge in [0.25, 0.3) is 17.7 Å². The summed E-state index contributed by atoms with van der Waals surface area (Å²) >= 11 is 0. The lowest BCUT2D eigenvalue weighted by Crippen LogP contribution is -2.48. The van der Waals surface area contributed by atoms with Crippen LogP contribution in [0.3, 0.4) is 0 Å². The molecule has 2 heterocycles. The van der Waals surface area contributed by atoms with E-state index in [1.54, 1.807) is 0 Å². The van der Waals surface area contributed by atoms with Crippen LogP contribution in [0, 0.1) is 6.92 Å². The molecule has 0 bridgehead atoms. The molecule has 3 amide bonds. The first-order chi connectivity index (χ1) is 15.5. The number of nitrogens with one attached hydrogen (secondary N) is 1. The Morgan fingerprint density at radius 3 is 2.34 bits per heavy atom. The van der Waals surface area contributed by atoms with Gasteiger partial charge in [0.05, 0.1) is 13.2 Å². The monoisotopic (exact) mass is 434 g/mol. The fraction of sp³-hybridized carbons (Fsp3) is 0.292. The lowest BCUT2D eigenvalue weighted by atomic mass is 10.1. The van der Waals surface area contributed by atoms with Gasteiger partial charge in [-0.1, -0.05) is 18.2 Å². The van der Waals surface area contributed by atoms with Crippen LogP contribution >= 0.6 is 0 Å². The Hall–Kier alpha value is -3.65. The molecule has 4 rings (SSSR count). The van der Waals surface area contributed by atoms with E-state index in [0.717, 1.165) is 34.8 Å². The van der Waals surface area contributed by atoms with E-state index < -0.39 is 11.8 Å². The third-order valence-electron chi connectivity index (χ3n) is 5.79. The van der Waals surface area contributed by atoms with Crippen LogP contribution in [0.25, 0.3) is 0 Å². The first-order valence-corrected chi connectivity index (χ1v) is 10.6. The number of amides is 3. The molecule has 0 atom stereocenters. The molecular weight excluding hydrogens is 408 g/mol. The number of aliphatic hydroxyl groups excluding tert-OH is 1. The van der Waals surface area contributed by atoms with Crippen molar-refractivity contribution in [1.29, 1.82) is 0 Å². The molecule has 0 spiro atoms. The van der Waals surface area contributed by atoms with Crippen LogP contribution in [0.15, 0.2) is 60.3 Å². The quantitative estimate of drug-likeness (QED) is 0.671. The average molecular weight is 434 g/mol. The van der Waals surface area contributed by atoms with Crippen molar-refractivity contribution < 1.29 is 19.5 Å². The van der Waals surface area contributed by atoms with E-state index in [1.807, 2.05) is 60.4 Å². The number of aryl methyl sites for hydroxylation is 1. The summed E-state index contributed by atoms with van der Waals surface area (Å²) < 4.78 is 0. The predicted octanol–water partition coefficient (Wildman–Crippen LogP) is 1.61. The van der Waals surface area contributed by atoms with Gasteiger partial charge in [0.2, 0.25) is 0 Å². The molecule has 8 heteroatoms. The largest absolute Gasteiger partial charge is 0.395 e. The van der Waals surface area contributed by atoms with Gasteiger partial charge in [0.15, 0.2) is 0 Å². The summed E-state index contributed by atoms with van der Waals surface area (Å²) in [5.74, 6) is -0.801. The number of aliphatic hydroxyl groups is 1. The number of rotatable bonds is 6. The van der Waals surface area contributed by atoms with Gasteiger partial charge in [-0.25, -0.2) is 0 Å². The predicted molar refractivity (Wildman–Crippen MR) is 121 cm³/mol. The second kappa shape index (κ2) is 9.23. The van der Waals surface area contributed by atoms with Gasteiger partial charge in [-0.15, -0.1) is 0 Å². The highest BCUT2D eigenvalue weighted by Crippen LogP contribution is 2.23. The van der Waals surface area contributed by atoms with E-state index in [4.69, 9.17) is 5.11 Å². The number of anilines is 2. The van der Waals surface area contributed by atoms with Crippen LogP contribution < -0.4 is 10.2 Å². The maximum atomic E-state index is 12.8. The van der Waals surface area contributed by atoms with Crippen molar-refractivity contribution in [2.24, 2.45) is 0 Å². The molecule has 0 saturated carbocycles. The number of carbonyl (C=O) groups is 3. The number of carbonyl (C=O) groups excluding carboxylic acids is 3. The van der Waals surface area contributed by atoms with Crippen LogP contribution in [-0.2, 0) is 9.59 Å². The van der Waals surface area contributed by atoms with E-state index in [0.29, 0.717) is 18.8 Å². The second-order valence-electron chi connectivity index (χ2n) is 7.84. The number of hydrogen-bond acceptors (Lipinski definition) is 6. The van der Waals surface area contributed by atoms with Gasteiger partial charge in [-0.2, -0.15) is 0 Å². The number of hydrogen-bond donors (Lipinski definition) is 2. The summed E-state index contributed by atoms with van der Waals surface area (Å²) in [6.07, 6.45) is 1.25. The summed E-state index contributed by atoms with van der Waals surface area (Å²) in [5.41, 5.74) is 3.66. The normalized spacial score (nSPS) is 16.4. The zero-order valence-corrected chi connectivity index (χ0v) is 18.0. The topological polar surface area (TPSA) is 93.2 Å². The number of piperazine rings is 1. The Labute approximate surface area is 186 Å². The van der Waals surface area contributed by atoms with Crippen LogP contribution in [0.2, 0.25) is 0 Å². The Morgan fingerprint density at radius 2 is 1.69 bits per heavy atom. The van der Waals surface area contributed by atoms with Crippen molar-refractivity contribution in [3.05, 3.63) is 71.4 Å². The molecule has 2 N–H and O–H groups in total. The molecule has 32 heavy (non-hydrogen) atoms. The Kier molecular flexibility index (Phi) is 6.23. The molecule has 166 valence electrons. The summed E-state index contributed by atoms with van der Waals surface area (Å²) in [4.78, 5) is 42.1. The van der Waals surface area contributed by atoms with Crippen molar-refractivity contribution in [2.45, 2.75) is 6.92 Å². The molecule has 2 aromatic carbocycles. The summed E-state index contributed by atoms with van der Waals surface area (Å²) in [7, 11) is 0. The molecule has 0 radical (unpaired) electrons. The van der Waals surface area contributed by atoms with Crippen LogP contribution in [0.5, 0.6) is 0 Å². The fourth-order valence-electron chi connectivity index (χ4n) is 3.97. The Morgan fingerprint density at radius 1 is 1.00 bits per heavy atom. The van der Waals surface area contributed by atoms with Crippen molar-refractivity contribution >= 4 is 29.1 Å². The minimum Gasteiger partial charge on any atom is -0.395 e. The van der Waals surface area contributed by atoms with Gasteiger partial charge in [0.1, 0.15) is 5.70 Å². The highest BCUT2D eigenvalue weighted by molar-refractivity contribution is 6.17. The van der Waals surface area contributed by atoms with E-state index in [9.17, 15) is 14.4 Å². The summed E-state index contributed by atoms with van der Waals surface area (Å²) in [6.45, 7) is 4.44. The number of imide groups is 1. The first-order valence-electron chi connectivity index (χ1n) is 10.6. The zero-order chi connectivity index (χ0) is 22.7. The SMILES string of the molecule is Cc1ccccc1C(=O)N1CCN(c2ccc(NC3=CC(=O)N(CCO)C3=O)cc2)CC1. The minimum absolute atomic E-state index is 0.0173. The fourth-order valence-corrected chi connectivity index (χ4v) is 3.97.